The smallest absolute Gasteiger partial charge is 0.322 e. The molecule has 0 radical (unpaired) electrons. The fourth-order valence-corrected chi connectivity index (χ4v) is 6.13. The normalized spacial score (nSPS) is 21.8. The number of aromatic nitrogens is 2. The van der Waals surface area contributed by atoms with Gasteiger partial charge in [-0.15, -0.1) is 11.3 Å². The van der Waals surface area contributed by atoms with Crippen molar-refractivity contribution in [2.24, 2.45) is 0 Å². The average Bonchev–Trinajstić information content (AvgIpc) is 3.30. The van der Waals surface area contributed by atoms with Crippen LogP contribution >= 0.6 is 11.3 Å². The number of urea groups is 1. The maximum atomic E-state index is 12.8. The maximum absolute atomic E-state index is 12.8. The number of carbonyl (C=O) groups excluding carboxylic acids is 3. The third kappa shape index (κ3) is 3.84. The molecule has 0 spiro atoms. The van der Waals surface area contributed by atoms with Gasteiger partial charge >= 0.3 is 6.03 Å². The lowest BCUT2D eigenvalue weighted by molar-refractivity contribution is -0.132. The first kappa shape index (κ1) is 20.2. The Kier molecular flexibility index (Phi) is 5.25. The summed E-state index contributed by atoms with van der Waals surface area (Å²) in [5.41, 5.74) is 1.16. The molecule has 10 heteroatoms. The Morgan fingerprint density at radius 3 is 2.65 bits per heavy atom. The number of nitrogens with zero attached hydrogens (tertiary/aromatic N) is 2. The van der Waals surface area contributed by atoms with E-state index in [0.717, 1.165) is 48.1 Å². The molecule has 4 amide bonds. The monoisotopic (exact) mass is 443 g/mol. The van der Waals surface area contributed by atoms with Crippen molar-refractivity contribution in [3.8, 4) is 0 Å². The zero-order valence-corrected chi connectivity index (χ0v) is 18.0. The number of hydrogen-bond donors (Lipinski definition) is 3. The molecule has 0 aromatic carbocycles. The van der Waals surface area contributed by atoms with E-state index in [1.54, 1.807) is 16.2 Å². The van der Waals surface area contributed by atoms with E-state index in [-0.39, 0.29) is 29.7 Å². The molecule has 2 aromatic heterocycles. The summed E-state index contributed by atoms with van der Waals surface area (Å²) in [5, 5.41) is 5.47. The van der Waals surface area contributed by atoms with E-state index >= 15 is 0 Å². The van der Waals surface area contributed by atoms with Crippen molar-refractivity contribution in [1.29, 1.82) is 0 Å². The van der Waals surface area contributed by atoms with Gasteiger partial charge in [-0.2, -0.15) is 0 Å². The van der Waals surface area contributed by atoms with E-state index in [0.29, 0.717) is 19.5 Å². The molecule has 1 atom stereocenters. The van der Waals surface area contributed by atoms with Gasteiger partial charge in [-0.3, -0.25) is 19.7 Å². The number of thiophene rings is 1. The van der Waals surface area contributed by atoms with Crippen LogP contribution in [-0.2, 0) is 22.4 Å². The lowest BCUT2D eigenvalue weighted by Gasteiger charge is -2.31. The summed E-state index contributed by atoms with van der Waals surface area (Å²) >= 11 is 1.66. The summed E-state index contributed by atoms with van der Waals surface area (Å²) in [4.78, 5) is 59.9. The molecule has 9 nitrogen and oxygen atoms in total. The Bertz CT molecular complexity index is 1110. The third-order valence-corrected chi connectivity index (χ3v) is 7.77. The van der Waals surface area contributed by atoms with Crippen molar-refractivity contribution in [1.82, 2.24) is 25.5 Å². The van der Waals surface area contributed by atoms with Gasteiger partial charge in [0, 0.05) is 30.3 Å². The van der Waals surface area contributed by atoms with Gasteiger partial charge in [-0.25, -0.2) is 9.78 Å². The topological polar surface area (TPSA) is 124 Å². The van der Waals surface area contributed by atoms with Crippen LogP contribution in [0.3, 0.4) is 0 Å². The van der Waals surface area contributed by atoms with Crippen LogP contribution in [0.4, 0.5) is 4.79 Å². The minimum Gasteiger partial charge on any atom is -0.343 e. The van der Waals surface area contributed by atoms with Crippen LogP contribution in [-0.4, -0.2) is 51.8 Å². The Morgan fingerprint density at radius 2 is 1.90 bits per heavy atom. The van der Waals surface area contributed by atoms with E-state index < -0.39 is 12.1 Å². The molecule has 1 aliphatic carbocycles. The van der Waals surface area contributed by atoms with E-state index in [4.69, 9.17) is 4.98 Å². The summed E-state index contributed by atoms with van der Waals surface area (Å²) in [6, 6.07) is -1.14. The number of piperidine rings is 1. The summed E-state index contributed by atoms with van der Waals surface area (Å²) in [5.74, 6) is 0.459. The number of amides is 4. The molecule has 2 saturated heterocycles. The van der Waals surface area contributed by atoms with Gasteiger partial charge in [0.1, 0.15) is 16.7 Å². The number of fused-ring (bicyclic) bond motifs is 3. The molecule has 3 N–H and O–H groups in total. The molecule has 4 heterocycles. The molecular formula is C21H25N5O4S. The minimum atomic E-state index is -0.633. The number of rotatable bonds is 4. The van der Waals surface area contributed by atoms with Crippen molar-refractivity contribution < 1.29 is 14.4 Å². The predicted molar refractivity (Wildman–Crippen MR) is 115 cm³/mol. The first-order chi connectivity index (χ1) is 15.0. The molecule has 3 aliphatic rings. The van der Waals surface area contributed by atoms with Crippen LogP contribution in [0.5, 0.6) is 0 Å². The summed E-state index contributed by atoms with van der Waals surface area (Å²) in [6.45, 7) is 1.19. The highest BCUT2D eigenvalue weighted by Gasteiger charge is 2.31. The highest BCUT2D eigenvalue weighted by Crippen LogP contribution is 2.35. The lowest BCUT2D eigenvalue weighted by atomic mass is 9.95. The third-order valence-electron chi connectivity index (χ3n) is 6.58. The van der Waals surface area contributed by atoms with Crippen LogP contribution in [0.2, 0.25) is 0 Å². The predicted octanol–water partition coefficient (Wildman–Crippen LogP) is 1.56. The number of nitrogens with one attached hydrogen (secondary N) is 3. The van der Waals surface area contributed by atoms with Crippen LogP contribution in [0.15, 0.2) is 4.79 Å². The Labute approximate surface area is 182 Å². The van der Waals surface area contributed by atoms with Crippen LogP contribution < -0.4 is 16.2 Å². The van der Waals surface area contributed by atoms with Gasteiger partial charge in [-0.1, -0.05) is 0 Å². The van der Waals surface area contributed by atoms with Crippen molar-refractivity contribution in [2.45, 2.75) is 63.3 Å². The molecule has 0 saturated carbocycles. The average molecular weight is 444 g/mol. The number of carbonyl (C=O) groups is 3. The second-order valence-electron chi connectivity index (χ2n) is 8.55. The van der Waals surface area contributed by atoms with Crippen molar-refractivity contribution >= 4 is 39.4 Å². The molecule has 2 aromatic rings. The minimum absolute atomic E-state index is 0.0183. The number of H-pyrrole nitrogens is 1. The fraction of sp³-hybridized carbons (Fsp3) is 0.571. The van der Waals surface area contributed by atoms with Crippen molar-refractivity contribution in [2.75, 3.05) is 13.1 Å². The molecular weight excluding hydrogens is 418 g/mol. The Hall–Kier alpha value is -2.75. The van der Waals surface area contributed by atoms with Crippen molar-refractivity contribution in [3.05, 3.63) is 26.6 Å². The van der Waals surface area contributed by atoms with E-state index in [9.17, 15) is 19.2 Å². The number of aryl methyl sites for hydroxylation is 2. The quantitative estimate of drug-likeness (QED) is 0.619. The molecule has 0 bridgehead atoms. The lowest BCUT2D eigenvalue weighted by Crippen LogP contribution is -2.39. The molecule has 2 aliphatic heterocycles. The largest absolute Gasteiger partial charge is 0.343 e. The maximum Gasteiger partial charge on any atom is 0.322 e. The molecule has 164 valence electrons. The first-order valence-corrected chi connectivity index (χ1v) is 11.7. The van der Waals surface area contributed by atoms with Crippen molar-refractivity contribution in [3.63, 3.8) is 0 Å². The number of imide groups is 1. The molecule has 2 fully saturated rings. The number of aromatic amines is 1. The summed E-state index contributed by atoms with van der Waals surface area (Å²) < 4.78 is 0. The van der Waals surface area contributed by atoms with Gasteiger partial charge in [0.05, 0.1) is 5.39 Å². The van der Waals surface area contributed by atoms with Crippen LogP contribution in [0.25, 0.3) is 10.2 Å². The molecule has 5 rings (SSSR count). The van der Waals surface area contributed by atoms with E-state index in [1.165, 1.54) is 16.9 Å². The first-order valence-electron chi connectivity index (χ1n) is 10.9. The van der Waals surface area contributed by atoms with Crippen LogP contribution in [0, 0.1) is 0 Å². The Morgan fingerprint density at radius 1 is 1.13 bits per heavy atom. The van der Waals surface area contributed by atoms with E-state index in [2.05, 4.69) is 15.6 Å². The molecule has 1 unspecified atom stereocenters. The van der Waals surface area contributed by atoms with Crippen LogP contribution in [0.1, 0.15) is 60.7 Å². The zero-order chi connectivity index (χ0) is 21.5. The van der Waals surface area contributed by atoms with Gasteiger partial charge < -0.3 is 15.2 Å². The van der Waals surface area contributed by atoms with Gasteiger partial charge in [0.25, 0.3) is 11.5 Å². The second-order valence-corrected chi connectivity index (χ2v) is 9.63. The van der Waals surface area contributed by atoms with Gasteiger partial charge in [0.15, 0.2) is 0 Å². The number of hydrogen-bond acceptors (Lipinski definition) is 6. The van der Waals surface area contributed by atoms with Gasteiger partial charge in [-0.05, 0) is 50.5 Å². The highest BCUT2D eigenvalue weighted by atomic mass is 32.1. The number of likely N-dealkylation sites (tertiary alicyclic amines) is 1. The summed E-state index contributed by atoms with van der Waals surface area (Å²) in [7, 11) is 0. The Balaban J connectivity index is 1.22. The van der Waals surface area contributed by atoms with Gasteiger partial charge in [0.2, 0.25) is 5.91 Å². The van der Waals surface area contributed by atoms with E-state index in [1.807, 2.05) is 0 Å². The zero-order valence-electron chi connectivity index (χ0n) is 17.2. The summed E-state index contributed by atoms with van der Waals surface area (Å²) in [6.07, 6.45) is 6.30. The fourth-order valence-electron chi connectivity index (χ4n) is 4.86. The standard InChI is InChI=1S/C21H25N5O4S/c27-15(6-5-13-18(28)25-21(30)22-13)26-9-7-11(8-10-26)17-23-19(29)16-12-3-1-2-4-14(12)31-20(16)24-17/h11,13H,1-10H2,(H,23,24,29)(H2,22,25,28,30). The SMILES string of the molecule is O=C1NC(=O)C(CCC(=O)N2CCC(c3nc4sc5c(c4c(=O)[nH]3)CCCC5)CC2)N1. The highest BCUT2D eigenvalue weighted by molar-refractivity contribution is 7.18. The molecule has 31 heavy (non-hydrogen) atoms. The second kappa shape index (κ2) is 8.07.